The Morgan fingerprint density at radius 2 is 2.12 bits per heavy atom. The molecule has 0 radical (unpaired) electrons. The SMILES string of the molecule is N#C[C@@H]1[C@H]2C=C(OS(=O)(=O)C(F)(F)F)C[C@@H]12. The van der Waals surface area contributed by atoms with Crippen molar-refractivity contribution in [1.82, 2.24) is 0 Å². The summed E-state index contributed by atoms with van der Waals surface area (Å²) in [6.45, 7) is 0. The number of nitriles is 1. The summed E-state index contributed by atoms with van der Waals surface area (Å²) in [7, 11) is -5.56. The van der Waals surface area contributed by atoms with E-state index >= 15 is 0 Å². The number of hydrogen-bond donors (Lipinski definition) is 0. The van der Waals surface area contributed by atoms with Crippen LogP contribution in [0, 0.1) is 29.1 Å². The van der Waals surface area contributed by atoms with Gasteiger partial charge in [-0.05, 0) is 12.0 Å². The Bertz CT molecular complexity index is 488. The predicted molar refractivity (Wildman–Crippen MR) is 44.8 cm³/mol. The minimum absolute atomic E-state index is 0.0802. The molecule has 0 saturated heterocycles. The zero-order valence-electron chi connectivity index (χ0n) is 7.73. The Labute approximate surface area is 89.4 Å². The molecule has 3 atom stereocenters. The maximum absolute atomic E-state index is 11.9. The quantitative estimate of drug-likeness (QED) is 0.552. The first-order valence-corrected chi connectivity index (χ1v) is 5.78. The number of allylic oxidation sites excluding steroid dienone is 2. The molecule has 2 aliphatic rings. The molecule has 0 aromatic rings. The average molecular weight is 253 g/mol. The number of halogens is 3. The summed E-state index contributed by atoms with van der Waals surface area (Å²) in [6, 6.07) is 1.98. The molecule has 88 valence electrons. The predicted octanol–water partition coefficient (Wildman–Crippen LogP) is 1.53. The van der Waals surface area contributed by atoms with Gasteiger partial charge in [0.25, 0.3) is 0 Å². The van der Waals surface area contributed by atoms with Gasteiger partial charge in [-0.3, -0.25) is 0 Å². The van der Waals surface area contributed by atoms with Crippen LogP contribution in [0.5, 0.6) is 0 Å². The zero-order valence-corrected chi connectivity index (χ0v) is 8.55. The van der Waals surface area contributed by atoms with E-state index in [-0.39, 0.29) is 29.9 Å². The molecule has 4 nitrogen and oxygen atoms in total. The second kappa shape index (κ2) is 3.13. The maximum Gasteiger partial charge on any atom is 0.534 e. The molecule has 0 heterocycles. The highest BCUT2D eigenvalue weighted by Crippen LogP contribution is 2.56. The fourth-order valence-electron chi connectivity index (χ4n) is 1.84. The van der Waals surface area contributed by atoms with Crippen molar-refractivity contribution in [1.29, 1.82) is 5.26 Å². The summed E-state index contributed by atoms with van der Waals surface area (Å²) in [5, 5.41) is 8.54. The molecule has 0 spiro atoms. The maximum atomic E-state index is 11.9. The van der Waals surface area contributed by atoms with Crippen LogP contribution in [0.4, 0.5) is 13.2 Å². The summed E-state index contributed by atoms with van der Waals surface area (Å²) < 4.78 is 61.0. The summed E-state index contributed by atoms with van der Waals surface area (Å²) in [5.74, 6) is -0.647. The van der Waals surface area contributed by atoms with Gasteiger partial charge in [0.1, 0.15) is 5.76 Å². The fourth-order valence-corrected chi connectivity index (χ4v) is 2.34. The van der Waals surface area contributed by atoms with Gasteiger partial charge in [0.15, 0.2) is 0 Å². The molecule has 0 bridgehead atoms. The van der Waals surface area contributed by atoms with Gasteiger partial charge in [-0.1, -0.05) is 0 Å². The molecule has 0 amide bonds. The van der Waals surface area contributed by atoms with Crippen molar-refractivity contribution in [2.75, 3.05) is 0 Å². The highest BCUT2D eigenvalue weighted by atomic mass is 32.2. The van der Waals surface area contributed by atoms with E-state index in [0.29, 0.717) is 0 Å². The molecule has 1 saturated carbocycles. The molecular weight excluding hydrogens is 247 g/mol. The smallest absolute Gasteiger partial charge is 0.381 e. The van der Waals surface area contributed by atoms with Gasteiger partial charge >= 0.3 is 15.6 Å². The second-order valence-corrected chi connectivity index (χ2v) is 5.25. The molecule has 1 fully saturated rings. The highest BCUT2D eigenvalue weighted by Gasteiger charge is 2.56. The van der Waals surface area contributed by atoms with E-state index in [1.807, 2.05) is 6.07 Å². The van der Waals surface area contributed by atoms with E-state index in [0.717, 1.165) is 0 Å². The van der Waals surface area contributed by atoms with Crippen molar-refractivity contribution in [2.45, 2.75) is 11.9 Å². The third-order valence-corrected chi connectivity index (χ3v) is 3.69. The summed E-state index contributed by atoms with van der Waals surface area (Å²) >= 11 is 0. The molecule has 0 aliphatic heterocycles. The molecule has 0 unspecified atom stereocenters. The Balaban J connectivity index is 2.05. The van der Waals surface area contributed by atoms with E-state index in [4.69, 9.17) is 5.26 Å². The molecule has 0 aromatic heterocycles. The van der Waals surface area contributed by atoms with Gasteiger partial charge in [0, 0.05) is 12.3 Å². The van der Waals surface area contributed by atoms with Crippen LogP contribution < -0.4 is 0 Å². The standard InChI is InChI=1S/C8H6F3NO3S/c9-8(10,11)16(13,14)15-4-1-5-6(2-4)7(5)3-12/h1,5-7H,2H2/t5-,6+,7+/m0/s1. The van der Waals surface area contributed by atoms with Crippen LogP contribution in [0.2, 0.25) is 0 Å². The normalized spacial score (nSPS) is 32.6. The Kier molecular flexibility index (Phi) is 2.21. The van der Waals surface area contributed by atoms with Gasteiger partial charge in [-0.25, -0.2) is 0 Å². The van der Waals surface area contributed by atoms with Crippen molar-refractivity contribution >= 4 is 10.1 Å². The molecule has 2 aliphatic carbocycles. The number of fused-ring (bicyclic) bond motifs is 1. The first kappa shape index (κ1) is 11.3. The van der Waals surface area contributed by atoms with Crippen molar-refractivity contribution in [3.05, 3.63) is 11.8 Å². The second-order valence-electron chi connectivity index (χ2n) is 3.72. The largest absolute Gasteiger partial charge is 0.534 e. The molecule has 0 N–H and O–H groups in total. The van der Waals surface area contributed by atoms with Crippen LogP contribution in [0.3, 0.4) is 0 Å². The van der Waals surface area contributed by atoms with Gasteiger partial charge in [-0.15, -0.1) is 0 Å². The number of alkyl halides is 3. The lowest BCUT2D eigenvalue weighted by atomic mass is 10.2. The number of hydrogen-bond acceptors (Lipinski definition) is 4. The molecule has 8 heteroatoms. The minimum atomic E-state index is -5.56. The average Bonchev–Trinajstić information content (AvgIpc) is 2.59. The Hall–Kier alpha value is -1.23. The van der Waals surface area contributed by atoms with Crippen LogP contribution in [0.15, 0.2) is 11.8 Å². The van der Waals surface area contributed by atoms with Crippen LogP contribution in [0.1, 0.15) is 6.42 Å². The summed E-state index contributed by atoms with van der Waals surface area (Å²) in [4.78, 5) is 0. The van der Waals surface area contributed by atoms with Crippen LogP contribution in [0.25, 0.3) is 0 Å². The number of rotatable bonds is 2. The van der Waals surface area contributed by atoms with Crippen LogP contribution >= 0.6 is 0 Å². The molecule has 2 rings (SSSR count). The van der Waals surface area contributed by atoms with E-state index in [1.54, 1.807) is 0 Å². The van der Waals surface area contributed by atoms with Crippen molar-refractivity contribution in [2.24, 2.45) is 17.8 Å². The minimum Gasteiger partial charge on any atom is -0.381 e. The van der Waals surface area contributed by atoms with Crippen molar-refractivity contribution in [3.8, 4) is 6.07 Å². The zero-order chi connectivity index (χ0) is 12.1. The van der Waals surface area contributed by atoms with Gasteiger partial charge in [0.2, 0.25) is 0 Å². The fraction of sp³-hybridized carbons (Fsp3) is 0.625. The van der Waals surface area contributed by atoms with Crippen LogP contribution in [-0.2, 0) is 14.3 Å². The van der Waals surface area contributed by atoms with Gasteiger partial charge in [-0.2, -0.15) is 26.9 Å². The lowest BCUT2D eigenvalue weighted by Gasteiger charge is -2.10. The number of nitrogens with zero attached hydrogens (tertiary/aromatic N) is 1. The third-order valence-electron chi connectivity index (χ3n) is 2.69. The lowest BCUT2D eigenvalue weighted by molar-refractivity contribution is -0.0523. The highest BCUT2D eigenvalue weighted by molar-refractivity contribution is 7.87. The summed E-state index contributed by atoms with van der Waals surface area (Å²) in [5.41, 5.74) is -5.41. The molecular formula is C8H6F3NO3S. The first-order chi connectivity index (χ1) is 7.26. The third kappa shape index (κ3) is 1.65. The monoisotopic (exact) mass is 253 g/mol. The Morgan fingerprint density at radius 1 is 1.50 bits per heavy atom. The van der Waals surface area contributed by atoms with E-state index < -0.39 is 15.6 Å². The van der Waals surface area contributed by atoms with Crippen molar-refractivity contribution in [3.63, 3.8) is 0 Å². The summed E-state index contributed by atoms with van der Waals surface area (Å²) in [6.07, 6.45) is 1.38. The van der Waals surface area contributed by atoms with E-state index in [9.17, 15) is 21.6 Å². The molecule has 0 aromatic carbocycles. The van der Waals surface area contributed by atoms with Crippen LogP contribution in [-0.4, -0.2) is 13.9 Å². The Morgan fingerprint density at radius 3 is 2.50 bits per heavy atom. The van der Waals surface area contributed by atoms with Gasteiger partial charge < -0.3 is 4.18 Å². The van der Waals surface area contributed by atoms with E-state index in [2.05, 4.69) is 4.18 Å². The van der Waals surface area contributed by atoms with E-state index in [1.165, 1.54) is 6.08 Å². The molecule has 16 heavy (non-hydrogen) atoms. The van der Waals surface area contributed by atoms with Gasteiger partial charge in [0.05, 0.1) is 12.0 Å². The first-order valence-electron chi connectivity index (χ1n) is 4.37. The lowest BCUT2D eigenvalue weighted by Crippen LogP contribution is -2.25. The van der Waals surface area contributed by atoms with Crippen molar-refractivity contribution < 1.29 is 25.8 Å². The topological polar surface area (TPSA) is 67.2 Å².